The molecule has 5 heteroatoms. The van der Waals surface area contributed by atoms with Gasteiger partial charge in [-0.3, -0.25) is 4.79 Å². The van der Waals surface area contributed by atoms with Crippen molar-refractivity contribution in [2.24, 2.45) is 0 Å². The molecule has 106 valence electrons. The fourth-order valence-corrected chi connectivity index (χ4v) is 2.02. The summed E-state index contributed by atoms with van der Waals surface area (Å²) in [6.07, 6.45) is 0. The van der Waals surface area contributed by atoms with Crippen molar-refractivity contribution in [2.45, 2.75) is 0 Å². The predicted octanol–water partition coefficient (Wildman–Crippen LogP) is 3.53. The van der Waals surface area contributed by atoms with Crippen LogP contribution in [0.5, 0.6) is 0 Å². The molecule has 0 saturated carbocycles. The number of anilines is 2. The zero-order valence-electron chi connectivity index (χ0n) is 11.7. The molecule has 1 N–H and O–H groups in total. The first-order valence-electron chi connectivity index (χ1n) is 6.29. The molecule has 1 amide bonds. The summed E-state index contributed by atoms with van der Waals surface area (Å²) in [5, 5.41) is 11.9. The van der Waals surface area contributed by atoms with Gasteiger partial charge in [0.15, 0.2) is 0 Å². The number of hydrogen-bond acceptors (Lipinski definition) is 3. The normalized spacial score (nSPS) is 9.81. The highest BCUT2D eigenvalue weighted by Crippen LogP contribution is 2.23. The van der Waals surface area contributed by atoms with Crippen LogP contribution in [0, 0.1) is 11.3 Å². The smallest absolute Gasteiger partial charge is 0.255 e. The Morgan fingerprint density at radius 1 is 1.19 bits per heavy atom. The average molecular weight is 300 g/mol. The van der Waals surface area contributed by atoms with E-state index in [0.29, 0.717) is 21.8 Å². The Kier molecular flexibility index (Phi) is 4.46. The number of carbonyl (C=O) groups is 1. The molecular weight excluding hydrogens is 286 g/mol. The van der Waals surface area contributed by atoms with E-state index in [0.717, 1.165) is 5.69 Å². The maximum absolute atomic E-state index is 12.2. The summed E-state index contributed by atoms with van der Waals surface area (Å²) in [5.74, 6) is -0.244. The molecule has 0 saturated heterocycles. The van der Waals surface area contributed by atoms with E-state index in [2.05, 4.69) is 5.32 Å². The van der Waals surface area contributed by atoms with Crippen LogP contribution in [0.15, 0.2) is 42.5 Å². The number of rotatable bonds is 3. The maximum atomic E-state index is 12.2. The van der Waals surface area contributed by atoms with Gasteiger partial charge < -0.3 is 10.2 Å². The summed E-state index contributed by atoms with van der Waals surface area (Å²) >= 11 is 6.03. The Balaban J connectivity index is 2.16. The minimum Gasteiger partial charge on any atom is -0.378 e. The van der Waals surface area contributed by atoms with Crippen molar-refractivity contribution in [2.75, 3.05) is 24.3 Å². The summed E-state index contributed by atoms with van der Waals surface area (Å²) in [6, 6.07) is 14.0. The number of nitrogens with one attached hydrogen (secondary N) is 1. The molecule has 0 aliphatic rings. The van der Waals surface area contributed by atoms with Crippen LogP contribution >= 0.6 is 11.6 Å². The van der Waals surface area contributed by atoms with Gasteiger partial charge in [0.1, 0.15) is 0 Å². The van der Waals surface area contributed by atoms with Crippen molar-refractivity contribution in [1.29, 1.82) is 5.26 Å². The van der Waals surface area contributed by atoms with E-state index in [9.17, 15) is 4.79 Å². The van der Waals surface area contributed by atoms with Crippen LogP contribution in [0.1, 0.15) is 15.9 Å². The minimum absolute atomic E-state index is 0.244. The lowest BCUT2D eigenvalue weighted by molar-refractivity contribution is 0.102. The topological polar surface area (TPSA) is 56.1 Å². The van der Waals surface area contributed by atoms with Gasteiger partial charge in [0.2, 0.25) is 0 Å². The molecular formula is C16H14ClN3O. The van der Waals surface area contributed by atoms with Crippen molar-refractivity contribution in [3.05, 3.63) is 58.6 Å². The lowest BCUT2D eigenvalue weighted by Crippen LogP contribution is -2.13. The van der Waals surface area contributed by atoms with Gasteiger partial charge in [0, 0.05) is 25.3 Å². The maximum Gasteiger partial charge on any atom is 0.255 e. The molecule has 0 spiro atoms. The number of benzene rings is 2. The third-order valence-corrected chi connectivity index (χ3v) is 3.30. The molecule has 0 aliphatic carbocycles. The van der Waals surface area contributed by atoms with Crippen LogP contribution in [0.2, 0.25) is 5.02 Å². The van der Waals surface area contributed by atoms with Gasteiger partial charge in [0.25, 0.3) is 5.91 Å². The second kappa shape index (κ2) is 6.29. The zero-order chi connectivity index (χ0) is 15.4. The van der Waals surface area contributed by atoms with Gasteiger partial charge in [0.05, 0.1) is 22.3 Å². The molecule has 2 rings (SSSR count). The molecule has 0 fully saturated rings. The van der Waals surface area contributed by atoms with E-state index < -0.39 is 0 Å². The van der Waals surface area contributed by atoms with Crippen molar-refractivity contribution in [1.82, 2.24) is 0 Å². The number of carbonyl (C=O) groups excluding carboxylic acids is 1. The van der Waals surface area contributed by atoms with E-state index >= 15 is 0 Å². The first-order chi connectivity index (χ1) is 10.0. The highest BCUT2D eigenvalue weighted by Gasteiger charge is 2.09. The Hall–Kier alpha value is -2.51. The highest BCUT2D eigenvalue weighted by molar-refractivity contribution is 6.34. The van der Waals surface area contributed by atoms with Crippen LogP contribution in [0.25, 0.3) is 0 Å². The van der Waals surface area contributed by atoms with Crippen LogP contribution in [-0.2, 0) is 0 Å². The molecule has 0 aromatic heterocycles. The van der Waals surface area contributed by atoms with Gasteiger partial charge in [-0.25, -0.2) is 0 Å². The summed E-state index contributed by atoms with van der Waals surface area (Å²) in [4.78, 5) is 14.1. The van der Waals surface area contributed by atoms with Gasteiger partial charge in [-0.05, 0) is 42.5 Å². The third kappa shape index (κ3) is 3.53. The predicted molar refractivity (Wildman–Crippen MR) is 84.9 cm³/mol. The van der Waals surface area contributed by atoms with E-state index in [4.69, 9.17) is 16.9 Å². The van der Waals surface area contributed by atoms with Crippen LogP contribution < -0.4 is 10.2 Å². The molecule has 0 aliphatic heterocycles. The van der Waals surface area contributed by atoms with Crippen LogP contribution in [0.4, 0.5) is 11.4 Å². The lowest BCUT2D eigenvalue weighted by atomic mass is 10.1. The minimum atomic E-state index is -0.244. The first kappa shape index (κ1) is 14.9. The van der Waals surface area contributed by atoms with Crippen LogP contribution in [-0.4, -0.2) is 20.0 Å². The second-order valence-electron chi connectivity index (χ2n) is 4.70. The van der Waals surface area contributed by atoms with Gasteiger partial charge >= 0.3 is 0 Å². The molecule has 0 atom stereocenters. The fraction of sp³-hybridized carbons (Fsp3) is 0.125. The monoisotopic (exact) mass is 299 g/mol. The quantitative estimate of drug-likeness (QED) is 0.943. The van der Waals surface area contributed by atoms with E-state index in [1.807, 2.05) is 37.2 Å². The second-order valence-corrected chi connectivity index (χ2v) is 5.11. The molecule has 0 bridgehead atoms. The number of nitrogens with zero attached hydrogens (tertiary/aromatic N) is 2. The molecule has 2 aromatic carbocycles. The van der Waals surface area contributed by atoms with Gasteiger partial charge in [-0.1, -0.05) is 11.6 Å². The Labute approximate surface area is 128 Å². The molecule has 0 unspecified atom stereocenters. The Bertz CT molecular complexity index is 702. The number of halogens is 1. The summed E-state index contributed by atoms with van der Waals surface area (Å²) in [7, 11) is 3.87. The Morgan fingerprint density at radius 3 is 2.38 bits per heavy atom. The summed E-state index contributed by atoms with van der Waals surface area (Å²) in [5.41, 5.74) is 2.50. The van der Waals surface area contributed by atoms with E-state index in [1.165, 1.54) is 6.07 Å². The van der Waals surface area contributed by atoms with Crippen molar-refractivity contribution < 1.29 is 4.79 Å². The lowest BCUT2D eigenvalue weighted by Gasteiger charge is -2.13. The van der Waals surface area contributed by atoms with Gasteiger partial charge in [-0.15, -0.1) is 0 Å². The number of amides is 1. The first-order valence-corrected chi connectivity index (χ1v) is 6.67. The third-order valence-electron chi connectivity index (χ3n) is 2.99. The molecule has 21 heavy (non-hydrogen) atoms. The van der Waals surface area contributed by atoms with Crippen molar-refractivity contribution >= 4 is 28.9 Å². The number of nitriles is 1. The zero-order valence-corrected chi connectivity index (χ0v) is 12.5. The summed E-state index contributed by atoms with van der Waals surface area (Å²) < 4.78 is 0. The molecule has 0 radical (unpaired) electrons. The fourth-order valence-electron chi connectivity index (χ4n) is 1.79. The average Bonchev–Trinajstić information content (AvgIpc) is 2.49. The SMILES string of the molecule is CN(C)c1ccc(C(=O)Nc2ccc(C#N)cc2Cl)cc1. The Morgan fingerprint density at radius 2 is 1.86 bits per heavy atom. The molecule has 0 heterocycles. The van der Waals surface area contributed by atoms with Crippen LogP contribution in [0.3, 0.4) is 0 Å². The van der Waals surface area contributed by atoms with E-state index in [-0.39, 0.29) is 5.91 Å². The van der Waals surface area contributed by atoms with Crippen molar-refractivity contribution in [3.8, 4) is 6.07 Å². The summed E-state index contributed by atoms with van der Waals surface area (Å²) in [6.45, 7) is 0. The van der Waals surface area contributed by atoms with Crippen molar-refractivity contribution in [3.63, 3.8) is 0 Å². The largest absolute Gasteiger partial charge is 0.378 e. The highest BCUT2D eigenvalue weighted by atomic mass is 35.5. The molecule has 4 nitrogen and oxygen atoms in total. The van der Waals surface area contributed by atoms with E-state index in [1.54, 1.807) is 24.3 Å². The molecule has 2 aromatic rings. The van der Waals surface area contributed by atoms with Gasteiger partial charge in [-0.2, -0.15) is 5.26 Å². The number of hydrogen-bond donors (Lipinski definition) is 1. The standard InChI is InChI=1S/C16H14ClN3O/c1-20(2)13-6-4-12(5-7-13)16(21)19-15-8-3-11(10-18)9-14(15)17/h3-9H,1-2H3,(H,19,21).